The van der Waals surface area contributed by atoms with Crippen LogP contribution in [0.3, 0.4) is 0 Å². The van der Waals surface area contributed by atoms with E-state index in [1.54, 1.807) is 25.7 Å². The van der Waals surface area contributed by atoms with E-state index >= 15 is 0 Å². The van der Waals surface area contributed by atoms with E-state index < -0.39 is 47.1 Å². The summed E-state index contributed by atoms with van der Waals surface area (Å²) in [5.41, 5.74) is -1.26. The van der Waals surface area contributed by atoms with Gasteiger partial charge >= 0.3 is 6.09 Å². The molecule has 4 aromatic heterocycles. The van der Waals surface area contributed by atoms with E-state index in [1.807, 2.05) is 0 Å². The number of nitrogens with one attached hydrogen (secondary N) is 3. The molecule has 1 amide bonds. The highest BCUT2D eigenvalue weighted by molar-refractivity contribution is 6.33. The number of carbonyl (C=O) groups excluding carboxylic acids is 1. The number of amides is 1. The van der Waals surface area contributed by atoms with Crippen molar-refractivity contribution >= 4 is 53.3 Å². The Morgan fingerprint density at radius 1 is 0.815 bits per heavy atom. The van der Waals surface area contributed by atoms with Gasteiger partial charge < -0.3 is 34.7 Å². The number of aromatic amines is 2. The van der Waals surface area contributed by atoms with Gasteiger partial charge in [0.05, 0.1) is 19.6 Å². The van der Waals surface area contributed by atoms with Crippen LogP contribution < -0.4 is 26.2 Å². The van der Waals surface area contributed by atoms with Crippen LogP contribution in [-0.4, -0.2) is 111 Å². The number of anilines is 2. The van der Waals surface area contributed by atoms with Crippen LogP contribution in [0.1, 0.15) is 20.8 Å². The van der Waals surface area contributed by atoms with Crippen molar-refractivity contribution in [2.24, 2.45) is 0 Å². The highest BCUT2D eigenvalue weighted by Gasteiger charge is 2.31. The fourth-order valence-corrected chi connectivity index (χ4v) is 5.81. The van der Waals surface area contributed by atoms with Crippen molar-refractivity contribution in [2.45, 2.75) is 38.7 Å². The van der Waals surface area contributed by atoms with Gasteiger partial charge in [0, 0.05) is 68.4 Å². The summed E-state index contributed by atoms with van der Waals surface area (Å²) < 4.78 is 60.4. The Labute approximate surface area is 322 Å². The molecular weight excluding hydrogens is 783 g/mol. The number of hydrogen-bond acceptors (Lipinski definition) is 11. The molecule has 6 heterocycles. The van der Waals surface area contributed by atoms with Crippen molar-refractivity contribution in [3.8, 4) is 22.8 Å². The maximum absolute atomic E-state index is 14.6. The zero-order valence-electron chi connectivity index (χ0n) is 29.2. The molecule has 0 aliphatic carbocycles. The molecule has 4 aromatic rings. The number of ether oxygens (including phenoxy) is 1. The Morgan fingerprint density at radius 2 is 1.31 bits per heavy atom. The molecule has 0 radical (unpaired) electrons. The van der Waals surface area contributed by atoms with Crippen LogP contribution in [0.25, 0.3) is 22.8 Å². The Kier molecular flexibility index (Phi) is 14.2. The minimum Gasteiger partial charge on any atom is -0.444 e. The quantitative estimate of drug-likeness (QED) is 0.191. The first-order valence-corrected chi connectivity index (χ1v) is 17.1. The van der Waals surface area contributed by atoms with Gasteiger partial charge in [-0.15, -0.1) is 12.4 Å². The fraction of sp³-hybridized carbons (Fsp3) is 0.424. The lowest BCUT2D eigenvalue weighted by molar-refractivity contribution is 0.0229. The Hall–Kier alpha value is -4.52. The lowest BCUT2D eigenvalue weighted by Gasteiger charge is -2.26. The lowest BCUT2D eigenvalue weighted by atomic mass is 10.2. The first-order valence-electron chi connectivity index (χ1n) is 16.4. The highest BCUT2D eigenvalue weighted by atomic mass is 35.5. The van der Waals surface area contributed by atoms with Crippen LogP contribution >= 0.6 is 35.6 Å². The molecule has 14 nitrogen and oxygen atoms in total. The number of aromatic nitrogens is 6. The molecule has 0 aromatic carbocycles. The van der Waals surface area contributed by atoms with Gasteiger partial charge in [0.2, 0.25) is 11.9 Å². The van der Waals surface area contributed by atoms with E-state index in [9.17, 15) is 31.9 Å². The van der Waals surface area contributed by atoms with E-state index in [4.69, 9.17) is 27.9 Å². The van der Waals surface area contributed by atoms with Crippen molar-refractivity contribution in [3.05, 3.63) is 79.3 Å². The third kappa shape index (κ3) is 11.0. The second-order valence-corrected chi connectivity index (χ2v) is 13.8. The zero-order chi connectivity index (χ0) is 38.4. The Balaban J connectivity index is 0.000000244. The molecule has 6 rings (SSSR count). The highest BCUT2D eigenvalue weighted by Crippen LogP contribution is 2.26. The summed E-state index contributed by atoms with van der Waals surface area (Å²) in [5.74, 6) is -0.953. The van der Waals surface area contributed by atoms with Crippen LogP contribution in [-0.2, 0) is 4.74 Å². The molecule has 54 heavy (non-hydrogen) atoms. The molecule has 2 atom stereocenters. The number of nitrogens with zero attached hydrogens (tertiary/aromatic N) is 7. The second kappa shape index (κ2) is 18.2. The van der Waals surface area contributed by atoms with Crippen LogP contribution in [0.5, 0.6) is 0 Å². The van der Waals surface area contributed by atoms with Crippen LogP contribution in [0.15, 0.2) is 46.2 Å². The average Bonchev–Trinajstić information content (AvgIpc) is 3.43. The van der Waals surface area contributed by atoms with Gasteiger partial charge in [0.25, 0.3) is 11.1 Å². The second-order valence-electron chi connectivity index (χ2n) is 13.1. The monoisotopic (exact) mass is 818 g/mol. The first kappa shape index (κ1) is 42.2. The molecule has 0 spiro atoms. The van der Waals surface area contributed by atoms with Gasteiger partial charge in [-0.2, -0.15) is 8.78 Å². The number of alkyl halides is 2. The average molecular weight is 820 g/mol. The van der Waals surface area contributed by atoms with Crippen molar-refractivity contribution < 1.29 is 27.1 Å². The number of H-pyrrole nitrogens is 2. The Bertz CT molecular complexity index is 2050. The molecule has 0 saturated carbocycles. The largest absolute Gasteiger partial charge is 0.444 e. The number of pyridine rings is 2. The molecule has 3 N–H and O–H groups in total. The summed E-state index contributed by atoms with van der Waals surface area (Å²) in [7, 11) is 0. The zero-order valence-corrected chi connectivity index (χ0v) is 31.5. The fourth-order valence-electron chi connectivity index (χ4n) is 5.39. The summed E-state index contributed by atoms with van der Waals surface area (Å²) in [6, 6.07) is 5.25. The summed E-state index contributed by atoms with van der Waals surface area (Å²) in [5, 5.41) is 2.62. The minimum absolute atomic E-state index is 0. The summed E-state index contributed by atoms with van der Waals surface area (Å²) in [6.07, 6.45) is -0.631. The van der Waals surface area contributed by atoms with Crippen molar-refractivity contribution in [3.63, 3.8) is 0 Å². The van der Waals surface area contributed by atoms with Gasteiger partial charge in [0.1, 0.15) is 39.6 Å². The van der Waals surface area contributed by atoms with Crippen molar-refractivity contribution in [1.29, 1.82) is 0 Å². The molecule has 2 aliphatic rings. The summed E-state index contributed by atoms with van der Waals surface area (Å²) >= 11 is 12.2. The molecule has 292 valence electrons. The first-order chi connectivity index (χ1) is 25.1. The minimum atomic E-state index is -1.42. The third-order valence-electron chi connectivity index (χ3n) is 7.76. The topological polar surface area (TPSA) is 165 Å². The lowest BCUT2D eigenvalue weighted by Crippen LogP contribution is -2.40. The molecule has 2 fully saturated rings. The van der Waals surface area contributed by atoms with E-state index in [0.717, 1.165) is 12.1 Å². The van der Waals surface area contributed by atoms with Crippen molar-refractivity contribution in [2.75, 3.05) is 62.2 Å². The van der Waals surface area contributed by atoms with Crippen LogP contribution in [0.2, 0.25) is 10.0 Å². The molecular formula is C33H37Cl3F4N10O4. The van der Waals surface area contributed by atoms with E-state index in [-0.39, 0.29) is 85.0 Å². The van der Waals surface area contributed by atoms with E-state index in [2.05, 4.69) is 35.2 Å². The van der Waals surface area contributed by atoms with Gasteiger partial charge in [0.15, 0.2) is 11.6 Å². The van der Waals surface area contributed by atoms with Gasteiger partial charge in [-0.25, -0.2) is 33.5 Å². The van der Waals surface area contributed by atoms with Gasteiger partial charge in [-0.05, 0) is 32.9 Å². The molecule has 2 unspecified atom stereocenters. The van der Waals surface area contributed by atoms with E-state index in [0.29, 0.717) is 24.2 Å². The molecule has 2 saturated heterocycles. The molecule has 2 aliphatic heterocycles. The van der Waals surface area contributed by atoms with Crippen molar-refractivity contribution in [1.82, 2.24) is 40.1 Å². The van der Waals surface area contributed by atoms with Gasteiger partial charge in [-0.3, -0.25) is 9.59 Å². The number of carbonyl (C=O) groups is 1. The molecule has 0 bridgehead atoms. The third-order valence-corrected chi connectivity index (χ3v) is 8.44. The van der Waals surface area contributed by atoms with Crippen LogP contribution in [0, 0.1) is 11.9 Å². The Morgan fingerprint density at radius 3 is 1.81 bits per heavy atom. The maximum Gasteiger partial charge on any atom is 0.410 e. The van der Waals surface area contributed by atoms with Gasteiger partial charge in [-0.1, -0.05) is 23.2 Å². The van der Waals surface area contributed by atoms with Crippen LogP contribution in [0.4, 0.5) is 34.0 Å². The predicted octanol–water partition coefficient (Wildman–Crippen LogP) is 4.81. The number of rotatable bonds is 4. The van der Waals surface area contributed by atoms with E-state index in [1.165, 1.54) is 34.3 Å². The standard InChI is InChI=1S/C19H22ClF2N5O3.C14H14ClF2N5O.ClH/c1-19(2,3)30-18(29)27-7-6-26(9-12(21)10-27)16-14(20)17(28)25-15(24-16)11-4-5-23-13(22)8-11;15-11-13(22-4-3-18-6-9(16)7-22)20-12(21-14(11)23)8-1-2-19-10(17)5-8;/h4-5,8,12H,6-7,9-10H2,1-3H3,(H,24,25,28);1-2,5,9,18H,3-4,6-7H2,(H,20,21,23);1H. The predicted molar refractivity (Wildman–Crippen MR) is 198 cm³/mol. The smallest absolute Gasteiger partial charge is 0.410 e. The molecule has 21 heteroatoms. The SMILES string of the molecule is CC(C)(C)OC(=O)N1CCN(c2nc(-c3ccnc(F)c3)[nH]c(=O)c2Cl)CC(F)C1.Cl.O=c1[nH]c(-c2ccnc(F)c2)nc(N2CCNCC(F)C2)c1Cl. The normalized spacial score (nSPS) is 17.8. The summed E-state index contributed by atoms with van der Waals surface area (Å²) in [4.78, 5) is 61.6. The number of hydrogen-bond donors (Lipinski definition) is 3. The summed E-state index contributed by atoms with van der Waals surface area (Å²) in [6.45, 7) is 6.55. The number of halogens is 7. The maximum atomic E-state index is 14.6.